The molecule has 2 aliphatic rings. The molecule has 2 fully saturated rings. The second-order valence-corrected chi connectivity index (χ2v) is 6.94. The monoisotopic (exact) mass is 262 g/mol. The predicted octanol–water partition coefficient (Wildman–Crippen LogP) is 3.95. The van der Waals surface area contributed by atoms with Gasteiger partial charge in [-0.25, -0.2) is 9.97 Å². The first kappa shape index (κ1) is 10.2. The third kappa shape index (κ3) is 2.16. The molecule has 4 heteroatoms. The third-order valence-electron chi connectivity index (χ3n) is 3.43. The molecule has 0 atom stereocenters. The maximum absolute atomic E-state index is 4.72. The topological polar surface area (TPSA) is 25.8 Å². The molecule has 4 rings (SSSR count). The van der Waals surface area contributed by atoms with Crippen molar-refractivity contribution in [1.29, 1.82) is 0 Å². The fraction of sp³-hybridized carbons (Fsp3) is 0.538. The molecule has 0 radical (unpaired) electrons. The van der Waals surface area contributed by atoms with Crippen molar-refractivity contribution >= 4 is 22.7 Å². The van der Waals surface area contributed by atoms with Crippen LogP contribution in [-0.4, -0.2) is 9.97 Å². The van der Waals surface area contributed by atoms with E-state index in [9.17, 15) is 0 Å². The van der Waals surface area contributed by atoms with E-state index in [-0.39, 0.29) is 0 Å². The Morgan fingerprint density at radius 2 is 1.35 bits per heavy atom. The van der Waals surface area contributed by atoms with Crippen LogP contribution in [-0.2, 0) is 6.42 Å². The van der Waals surface area contributed by atoms with Crippen LogP contribution in [0.4, 0.5) is 0 Å². The first-order valence-corrected chi connectivity index (χ1v) is 8.03. The number of thiazole rings is 2. The lowest BCUT2D eigenvalue weighted by Crippen LogP contribution is -1.88. The van der Waals surface area contributed by atoms with E-state index in [4.69, 9.17) is 9.97 Å². The molecule has 2 saturated carbocycles. The van der Waals surface area contributed by atoms with Gasteiger partial charge in [-0.05, 0) is 25.7 Å². The van der Waals surface area contributed by atoms with E-state index in [1.165, 1.54) is 47.1 Å². The maximum Gasteiger partial charge on any atom is 0.0996 e. The van der Waals surface area contributed by atoms with E-state index in [0.717, 1.165) is 18.3 Å². The summed E-state index contributed by atoms with van der Waals surface area (Å²) in [5.74, 6) is 1.55. The van der Waals surface area contributed by atoms with E-state index >= 15 is 0 Å². The van der Waals surface area contributed by atoms with Gasteiger partial charge < -0.3 is 0 Å². The molecule has 0 aliphatic heterocycles. The zero-order chi connectivity index (χ0) is 11.2. The summed E-state index contributed by atoms with van der Waals surface area (Å²) >= 11 is 3.60. The van der Waals surface area contributed by atoms with Gasteiger partial charge in [0.1, 0.15) is 0 Å². The second kappa shape index (κ2) is 3.89. The summed E-state index contributed by atoms with van der Waals surface area (Å²) in [5.41, 5.74) is 2.65. The van der Waals surface area contributed by atoms with Crippen molar-refractivity contribution in [1.82, 2.24) is 9.97 Å². The van der Waals surface area contributed by atoms with Crippen molar-refractivity contribution in [2.24, 2.45) is 0 Å². The molecule has 2 nitrogen and oxygen atoms in total. The minimum Gasteiger partial charge on any atom is -0.246 e. The van der Waals surface area contributed by atoms with Crippen LogP contribution in [0.3, 0.4) is 0 Å². The van der Waals surface area contributed by atoms with Crippen LogP contribution >= 0.6 is 22.7 Å². The highest BCUT2D eigenvalue weighted by Gasteiger charge is 2.27. The second-order valence-electron chi connectivity index (χ2n) is 5.06. The van der Waals surface area contributed by atoms with Crippen LogP contribution in [0, 0.1) is 0 Å². The number of aromatic nitrogens is 2. The molecule has 17 heavy (non-hydrogen) atoms. The molecule has 0 aromatic carbocycles. The van der Waals surface area contributed by atoms with Gasteiger partial charge in [-0.1, -0.05) is 0 Å². The Hall–Kier alpha value is -0.740. The van der Waals surface area contributed by atoms with Crippen LogP contribution in [0.5, 0.6) is 0 Å². The summed E-state index contributed by atoms with van der Waals surface area (Å²) in [7, 11) is 0. The zero-order valence-corrected chi connectivity index (χ0v) is 11.2. The van der Waals surface area contributed by atoms with Crippen LogP contribution in [0.15, 0.2) is 10.8 Å². The van der Waals surface area contributed by atoms with Gasteiger partial charge in [0.15, 0.2) is 0 Å². The van der Waals surface area contributed by atoms with Crippen molar-refractivity contribution in [3.63, 3.8) is 0 Å². The lowest BCUT2D eigenvalue weighted by Gasteiger charge is -1.91. The molecule has 2 heterocycles. The standard InChI is InChI=1S/C13H14N2S2/c1-2-8(1)10-6-16-12(14-10)5-13-15-11(7-17-13)9-3-4-9/h6-9H,1-5H2. The average molecular weight is 262 g/mol. The van der Waals surface area contributed by atoms with E-state index in [1.54, 1.807) is 22.7 Å². The largest absolute Gasteiger partial charge is 0.246 e. The molecule has 2 aromatic rings. The van der Waals surface area contributed by atoms with E-state index < -0.39 is 0 Å². The molecule has 2 aromatic heterocycles. The highest BCUT2D eigenvalue weighted by molar-refractivity contribution is 7.11. The summed E-state index contributed by atoms with van der Waals surface area (Å²) < 4.78 is 0. The van der Waals surface area contributed by atoms with Gasteiger partial charge in [0, 0.05) is 22.6 Å². The Morgan fingerprint density at radius 3 is 1.76 bits per heavy atom. The highest BCUT2D eigenvalue weighted by Crippen LogP contribution is 2.41. The number of nitrogens with zero attached hydrogens (tertiary/aromatic N) is 2. The van der Waals surface area contributed by atoms with Crippen molar-refractivity contribution in [3.05, 3.63) is 32.2 Å². The van der Waals surface area contributed by atoms with E-state index in [2.05, 4.69) is 10.8 Å². The zero-order valence-electron chi connectivity index (χ0n) is 9.56. The van der Waals surface area contributed by atoms with Crippen LogP contribution in [0.25, 0.3) is 0 Å². The highest BCUT2D eigenvalue weighted by atomic mass is 32.1. The molecule has 0 amide bonds. The molecule has 88 valence electrons. The smallest absolute Gasteiger partial charge is 0.0996 e. The molecular formula is C13H14N2S2. The third-order valence-corrected chi connectivity index (χ3v) is 5.17. The molecule has 0 bridgehead atoms. The van der Waals surface area contributed by atoms with Gasteiger partial charge in [0.2, 0.25) is 0 Å². The molecule has 0 unspecified atom stereocenters. The molecular weight excluding hydrogens is 248 g/mol. The van der Waals surface area contributed by atoms with Gasteiger partial charge in [0.25, 0.3) is 0 Å². The van der Waals surface area contributed by atoms with E-state index in [0.29, 0.717) is 0 Å². The lowest BCUT2D eigenvalue weighted by atomic mass is 10.3. The van der Waals surface area contributed by atoms with Gasteiger partial charge in [-0.15, -0.1) is 22.7 Å². The Bertz CT molecular complexity index is 487. The summed E-state index contributed by atoms with van der Waals surface area (Å²) in [6.45, 7) is 0. The first-order valence-electron chi connectivity index (χ1n) is 6.27. The summed E-state index contributed by atoms with van der Waals surface area (Å²) in [6.07, 6.45) is 6.30. The minimum atomic E-state index is 0.776. The van der Waals surface area contributed by atoms with Crippen LogP contribution in [0.1, 0.15) is 58.9 Å². The Balaban J connectivity index is 1.50. The summed E-state index contributed by atoms with van der Waals surface area (Å²) in [5, 5.41) is 6.96. The van der Waals surface area contributed by atoms with Crippen molar-refractivity contribution in [3.8, 4) is 0 Å². The molecule has 2 aliphatic carbocycles. The van der Waals surface area contributed by atoms with Gasteiger partial charge in [0.05, 0.1) is 27.8 Å². The number of hydrogen-bond donors (Lipinski definition) is 0. The Morgan fingerprint density at radius 1 is 0.882 bits per heavy atom. The quantitative estimate of drug-likeness (QED) is 0.834. The van der Waals surface area contributed by atoms with Gasteiger partial charge in [-0.2, -0.15) is 0 Å². The minimum absolute atomic E-state index is 0.776. The predicted molar refractivity (Wildman–Crippen MR) is 71.0 cm³/mol. The van der Waals surface area contributed by atoms with Gasteiger partial charge >= 0.3 is 0 Å². The maximum atomic E-state index is 4.72. The van der Waals surface area contributed by atoms with Crippen LogP contribution in [0.2, 0.25) is 0 Å². The fourth-order valence-electron chi connectivity index (χ4n) is 2.08. The SMILES string of the molecule is c1sc(Cc2nc(C3CC3)cs2)nc1C1CC1. The van der Waals surface area contributed by atoms with Crippen LogP contribution < -0.4 is 0 Å². The fourth-order valence-corrected chi connectivity index (χ4v) is 3.93. The Labute approximate surface area is 109 Å². The van der Waals surface area contributed by atoms with Crippen molar-refractivity contribution in [2.45, 2.75) is 43.9 Å². The van der Waals surface area contributed by atoms with Crippen molar-refractivity contribution < 1.29 is 0 Å². The summed E-state index contributed by atoms with van der Waals surface area (Å²) in [4.78, 5) is 9.44. The molecule has 0 saturated heterocycles. The number of hydrogen-bond acceptors (Lipinski definition) is 4. The average Bonchev–Trinajstić information content (AvgIpc) is 3.27. The molecule has 0 N–H and O–H groups in total. The van der Waals surface area contributed by atoms with E-state index in [1.807, 2.05) is 0 Å². The normalized spacial score (nSPS) is 19.8. The first-order chi connectivity index (χ1) is 8.38. The molecule has 0 spiro atoms. The van der Waals surface area contributed by atoms with Gasteiger partial charge in [-0.3, -0.25) is 0 Å². The Kier molecular flexibility index (Phi) is 2.33. The number of rotatable bonds is 4. The van der Waals surface area contributed by atoms with Crippen molar-refractivity contribution in [2.75, 3.05) is 0 Å². The lowest BCUT2D eigenvalue weighted by molar-refractivity contribution is 0.978. The summed E-state index contributed by atoms with van der Waals surface area (Å²) in [6, 6.07) is 0.